The van der Waals surface area contributed by atoms with Gasteiger partial charge in [0.25, 0.3) is 5.69 Å². The van der Waals surface area contributed by atoms with E-state index >= 15 is 0 Å². The Labute approximate surface area is 104 Å². The molecule has 94 valence electrons. The maximum atomic E-state index is 10.5. The van der Waals surface area contributed by atoms with E-state index in [1.807, 2.05) is 7.05 Å². The number of non-ortho nitro benzene ring substituents is 1. The molecule has 0 amide bonds. The summed E-state index contributed by atoms with van der Waals surface area (Å²) in [5.41, 5.74) is 1.09. The van der Waals surface area contributed by atoms with Crippen molar-refractivity contribution in [3.63, 3.8) is 0 Å². The Morgan fingerprint density at radius 2 is 2.06 bits per heavy atom. The van der Waals surface area contributed by atoms with Gasteiger partial charge in [0.1, 0.15) is 12.2 Å². The Morgan fingerprint density at radius 3 is 2.61 bits per heavy atom. The van der Waals surface area contributed by atoms with Gasteiger partial charge < -0.3 is 5.32 Å². The molecule has 0 spiro atoms. The Balaban J connectivity index is 1.87. The molecule has 0 aliphatic heterocycles. The van der Waals surface area contributed by atoms with E-state index in [4.69, 9.17) is 0 Å². The molecule has 1 aromatic carbocycles. The first-order valence-electron chi connectivity index (χ1n) is 5.44. The fourth-order valence-electron chi connectivity index (χ4n) is 1.53. The Morgan fingerprint density at radius 1 is 1.33 bits per heavy atom. The fraction of sp³-hybridized carbons (Fsp3) is 0.273. The zero-order valence-electron chi connectivity index (χ0n) is 9.91. The molecule has 0 aliphatic rings. The number of nitro groups is 1. The Bertz CT molecular complexity index is 535. The lowest BCUT2D eigenvalue weighted by atomic mass is 10.2. The molecule has 1 heterocycles. The smallest absolute Gasteiger partial charge is 0.269 e. The molecule has 1 aromatic heterocycles. The van der Waals surface area contributed by atoms with Gasteiger partial charge in [-0.1, -0.05) is 12.1 Å². The summed E-state index contributed by atoms with van der Waals surface area (Å²) in [6.07, 6.45) is 1.50. The average Bonchev–Trinajstić information content (AvgIpc) is 2.76. The molecule has 0 bridgehead atoms. The number of nitrogens with one attached hydrogen (secondary N) is 1. The van der Waals surface area contributed by atoms with Gasteiger partial charge in [-0.25, -0.2) is 4.98 Å². The van der Waals surface area contributed by atoms with Crippen LogP contribution >= 0.6 is 0 Å². The second-order valence-electron chi connectivity index (χ2n) is 3.83. The summed E-state index contributed by atoms with van der Waals surface area (Å²) in [5, 5.41) is 17.7. The highest BCUT2D eigenvalue weighted by Gasteiger charge is 2.04. The van der Waals surface area contributed by atoms with Crippen molar-refractivity contribution in [2.75, 3.05) is 0 Å². The average molecular weight is 247 g/mol. The van der Waals surface area contributed by atoms with Crippen LogP contribution in [0.1, 0.15) is 11.4 Å². The summed E-state index contributed by atoms with van der Waals surface area (Å²) in [5.74, 6) is 0.844. The quantitative estimate of drug-likeness (QED) is 0.629. The van der Waals surface area contributed by atoms with Crippen LogP contribution in [0.5, 0.6) is 0 Å². The third-order valence-corrected chi connectivity index (χ3v) is 2.56. The second kappa shape index (κ2) is 5.37. The highest BCUT2D eigenvalue weighted by atomic mass is 16.6. The monoisotopic (exact) mass is 247 g/mol. The number of aryl methyl sites for hydroxylation is 1. The molecule has 0 radical (unpaired) electrons. The van der Waals surface area contributed by atoms with Crippen LogP contribution in [0.2, 0.25) is 0 Å². The van der Waals surface area contributed by atoms with Gasteiger partial charge in [0.15, 0.2) is 0 Å². The van der Waals surface area contributed by atoms with Crippen LogP contribution in [0.15, 0.2) is 30.6 Å². The number of rotatable bonds is 5. The van der Waals surface area contributed by atoms with E-state index in [9.17, 15) is 10.1 Å². The van der Waals surface area contributed by atoms with Crippen molar-refractivity contribution in [1.29, 1.82) is 0 Å². The van der Waals surface area contributed by atoms with Gasteiger partial charge in [-0.3, -0.25) is 14.8 Å². The summed E-state index contributed by atoms with van der Waals surface area (Å²) in [7, 11) is 1.83. The van der Waals surface area contributed by atoms with Crippen molar-refractivity contribution in [2.24, 2.45) is 7.05 Å². The fourth-order valence-corrected chi connectivity index (χ4v) is 1.53. The topological polar surface area (TPSA) is 85.9 Å². The number of benzene rings is 1. The Hall–Kier alpha value is -2.28. The highest BCUT2D eigenvalue weighted by Crippen LogP contribution is 2.11. The molecule has 2 aromatic rings. The molecule has 0 saturated heterocycles. The first-order valence-corrected chi connectivity index (χ1v) is 5.44. The van der Waals surface area contributed by atoms with Crippen LogP contribution < -0.4 is 5.32 Å². The molecule has 2 rings (SSSR count). The minimum atomic E-state index is -0.406. The normalized spacial score (nSPS) is 10.5. The zero-order valence-corrected chi connectivity index (χ0v) is 9.91. The van der Waals surface area contributed by atoms with Crippen molar-refractivity contribution in [3.05, 3.63) is 52.1 Å². The molecule has 0 aliphatic carbocycles. The summed E-state index contributed by atoms with van der Waals surface area (Å²) in [6.45, 7) is 1.23. The highest BCUT2D eigenvalue weighted by molar-refractivity contribution is 5.32. The largest absolute Gasteiger partial charge is 0.306 e. The van der Waals surface area contributed by atoms with Crippen molar-refractivity contribution >= 4 is 5.69 Å². The summed E-state index contributed by atoms with van der Waals surface area (Å²) < 4.78 is 1.70. The van der Waals surface area contributed by atoms with E-state index in [1.165, 1.54) is 18.5 Å². The number of hydrogen-bond acceptors (Lipinski definition) is 5. The molecule has 0 saturated carbocycles. The first-order chi connectivity index (χ1) is 8.66. The lowest BCUT2D eigenvalue weighted by Crippen LogP contribution is -2.16. The molecule has 0 unspecified atom stereocenters. The number of nitrogens with zero attached hydrogens (tertiary/aromatic N) is 4. The van der Waals surface area contributed by atoms with Gasteiger partial charge in [0.05, 0.1) is 11.5 Å². The summed E-state index contributed by atoms with van der Waals surface area (Å²) in [6, 6.07) is 6.47. The van der Waals surface area contributed by atoms with E-state index in [0.717, 1.165) is 11.4 Å². The maximum absolute atomic E-state index is 10.5. The molecule has 7 nitrogen and oxygen atoms in total. The lowest BCUT2D eigenvalue weighted by molar-refractivity contribution is -0.384. The van der Waals surface area contributed by atoms with Crippen LogP contribution in [0.4, 0.5) is 5.69 Å². The number of hydrogen-bond donors (Lipinski definition) is 1. The van der Waals surface area contributed by atoms with Gasteiger partial charge in [-0.05, 0) is 5.56 Å². The number of aromatic nitrogens is 3. The first kappa shape index (κ1) is 12.2. The maximum Gasteiger partial charge on any atom is 0.269 e. The minimum Gasteiger partial charge on any atom is -0.306 e. The minimum absolute atomic E-state index is 0.104. The van der Waals surface area contributed by atoms with Gasteiger partial charge in [-0.2, -0.15) is 5.10 Å². The van der Waals surface area contributed by atoms with E-state index in [1.54, 1.807) is 16.8 Å². The molecule has 18 heavy (non-hydrogen) atoms. The van der Waals surface area contributed by atoms with Gasteiger partial charge in [0.2, 0.25) is 0 Å². The standard InChI is InChI=1S/C11H13N5O2/c1-15-11(13-8-14-15)7-12-6-9-2-4-10(5-3-9)16(17)18/h2-5,8,12H,6-7H2,1H3. The predicted molar refractivity (Wildman–Crippen MR) is 64.6 cm³/mol. The lowest BCUT2D eigenvalue weighted by Gasteiger charge is -2.04. The van der Waals surface area contributed by atoms with E-state index in [0.29, 0.717) is 13.1 Å². The third kappa shape index (κ3) is 2.89. The van der Waals surface area contributed by atoms with Crippen LogP contribution in [-0.4, -0.2) is 19.7 Å². The molecule has 0 fully saturated rings. The summed E-state index contributed by atoms with van der Waals surface area (Å²) >= 11 is 0. The predicted octanol–water partition coefficient (Wildman–Crippen LogP) is 1.01. The van der Waals surface area contributed by atoms with Crippen molar-refractivity contribution in [3.8, 4) is 0 Å². The van der Waals surface area contributed by atoms with Crippen LogP contribution in [0, 0.1) is 10.1 Å². The van der Waals surface area contributed by atoms with Crippen LogP contribution in [-0.2, 0) is 20.1 Å². The van der Waals surface area contributed by atoms with Crippen molar-refractivity contribution in [2.45, 2.75) is 13.1 Å². The molecular formula is C11H13N5O2. The molecule has 1 N–H and O–H groups in total. The van der Waals surface area contributed by atoms with Gasteiger partial charge in [-0.15, -0.1) is 0 Å². The van der Waals surface area contributed by atoms with Crippen molar-refractivity contribution in [1.82, 2.24) is 20.1 Å². The molecule has 0 atom stereocenters. The molecule has 7 heteroatoms. The van der Waals surface area contributed by atoms with E-state index in [2.05, 4.69) is 15.4 Å². The third-order valence-electron chi connectivity index (χ3n) is 2.56. The van der Waals surface area contributed by atoms with E-state index in [-0.39, 0.29) is 5.69 Å². The Kier molecular flexibility index (Phi) is 3.63. The van der Waals surface area contributed by atoms with Gasteiger partial charge in [0, 0.05) is 25.7 Å². The second-order valence-corrected chi connectivity index (χ2v) is 3.83. The molecular weight excluding hydrogens is 234 g/mol. The SMILES string of the molecule is Cn1ncnc1CNCc1ccc([N+](=O)[O-])cc1. The van der Waals surface area contributed by atoms with Gasteiger partial charge >= 0.3 is 0 Å². The summed E-state index contributed by atoms with van der Waals surface area (Å²) in [4.78, 5) is 14.2. The van der Waals surface area contributed by atoms with Crippen molar-refractivity contribution < 1.29 is 4.92 Å². The zero-order chi connectivity index (χ0) is 13.0. The van der Waals surface area contributed by atoms with Crippen LogP contribution in [0.25, 0.3) is 0 Å². The number of nitro benzene ring substituents is 1. The van der Waals surface area contributed by atoms with Crippen LogP contribution in [0.3, 0.4) is 0 Å². The van der Waals surface area contributed by atoms with E-state index < -0.39 is 4.92 Å².